The first-order valence-corrected chi connectivity index (χ1v) is 22.2. The summed E-state index contributed by atoms with van der Waals surface area (Å²) in [5, 5.41) is 4.71. The van der Waals surface area contributed by atoms with E-state index >= 15 is 0 Å². The molecule has 304 valence electrons. The fourth-order valence-electron chi connectivity index (χ4n) is 10.1. The molecule has 0 saturated carbocycles. The minimum atomic E-state index is -0.142. The molecule has 0 fully saturated rings. The van der Waals surface area contributed by atoms with E-state index < -0.39 is 0 Å². The van der Waals surface area contributed by atoms with Crippen LogP contribution in [-0.2, 0) is 16.2 Å². The molecule has 0 unspecified atom stereocenters. The van der Waals surface area contributed by atoms with Crippen LogP contribution in [0.1, 0.15) is 79.0 Å². The molecular weight excluding hydrogens is 751 g/mol. The van der Waals surface area contributed by atoms with Crippen LogP contribution in [0.2, 0.25) is 0 Å². The Morgan fingerprint density at radius 1 is 0.435 bits per heavy atom. The molecule has 2 aliphatic rings. The van der Waals surface area contributed by atoms with E-state index in [4.69, 9.17) is 4.42 Å². The smallest absolute Gasteiger partial charge is 0.333 e. The van der Waals surface area contributed by atoms with Gasteiger partial charge in [0.2, 0.25) is 0 Å². The molecule has 0 aliphatic carbocycles. The highest BCUT2D eigenvalue weighted by Gasteiger charge is 2.47. The molecule has 0 saturated heterocycles. The molecule has 0 radical (unpaired) electrons. The Balaban J connectivity index is 1.32. The van der Waals surface area contributed by atoms with Gasteiger partial charge < -0.3 is 14.1 Å². The first kappa shape index (κ1) is 38.4. The molecule has 1 aromatic heterocycles. The second kappa shape index (κ2) is 13.5. The van der Waals surface area contributed by atoms with Crippen LogP contribution in [0.15, 0.2) is 162 Å². The molecule has 2 aliphatic heterocycles. The van der Waals surface area contributed by atoms with E-state index in [1.54, 1.807) is 0 Å². The van der Waals surface area contributed by atoms with E-state index in [2.05, 4.69) is 230 Å². The molecule has 4 heteroatoms. The highest BCUT2D eigenvalue weighted by Crippen LogP contribution is 2.52. The highest BCUT2D eigenvalue weighted by molar-refractivity contribution is 6.94. The van der Waals surface area contributed by atoms with Crippen LogP contribution in [0.4, 0.5) is 28.4 Å². The van der Waals surface area contributed by atoms with Crippen molar-refractivity contribution in [2.75, 3.05) is 9.71 Å². The van der Waals surface area contributed by atoms with E-state index in [0.717, 1.165) is 33.3 Å². The lowest BCUT2D eigenvalue weighted by Gasteiger charge is -2.47. The van der Waals surface area contributed by atoms with Crippen molar-refractivity contribution in [3.8, 4) is 22.3 Å². The minimum absolute atomic E-state index is 0.0313. The van der Waals surface area contributed by atoms with Crippen molar-refractivity contribution >= 4 is 78.9 Å². The average molecular weight is 805 g/mol. The van der Waals surface area contributed by atoms with Crippen molar-refractivity contribution in [1.82, 2.24) is 0 Å². The lowest BCUT2D eigenvalue weighted by molar-refractivity contribution is 0.590. The van der Waals surface area contributed by atoms with Gasteiger partial charge in [0.15, 0.2) is 0 Å². The molecule has 0 spiro atoms. The number of furan rings is 1. The van der Waals surface area contributed by atoms with Crippen molar-refractivity contribution in [2.24, 2.45) is 0 Å². The largest absolute Gasteiger partial charge is 0.456 e. The molecule has 0 bridgehead atoms. The Hall–Kier alpha value is -6.52. The zero-order chi connectivity index (χ0) is 42.9. The van der Waals surface area contributed by atoms with Crippen LogP contribution < -0.4 is 20.6 Å². The predicted molar refractivity (Wildman–Crippen MR) is 266 cm³/mol. The van der Waals surface area contributed by atoms with Gasteiger partial charge in [0.1, 0.15) is 11.2 Å². The van der Waals surface area contributed by atoms with Gasteiger partial charge in [0.25, 0.3) is 0 Å². The second-order valence-corrected chi connectivity index (χ2v) is 20.6. The van der Waals surface area contributed by atoms with E-state index in [1.807, 2.05) is 0 Å². The molecule has 3 nitrogen and oxygen atoms in total. The summed E-state index contributed by atoms with van der Waals surface area (Å²) >= 11 is 0. The van der Waals surface area contributed by atoms with Crippen molar-refractivity contribution in [3.63, 3.8) is 0 Å². The fraction of sp³-hybridized carbons (Fsp3) is 0.207. The summed E-state index contributed by atoms with van der Waals surface area (Å²) < 4.78 is 6.78. The Morgan fingerprint density at radius 3 is 1.73 bits per heavy atom. The molecule has 9 aromatic rings. The van der Waals surface area contributed by atoms with Crippen molar-refractivity contribution < 1.29 is 4.42 Å². The Labute approximate surface area is 366 Å². The van der Waals surface area contributed by atoms with Crippen LogP contribution in [0.3, 0.4) is 0 Å². The number of para-hydroxylation sites is 1. The zero-order valence-corrected chi connectivity index (χ0v) is 37.4. The first-order valence-electron chi connectivity index (χ1n) is 22.2. The van der Waals surface area contributed by atoms with Gasteiger partial charge in [0.05, 0.1) is 11.4 Å². The van der Waals surface area contributed by atoms with Crippen molar-refractivity contribution in [2.45, 2.75) is 78.6 Å². The number of rotatable bonds is 3. The number of anilines is 5. The summed E-state index contributed by atoms with van der Waals surface area (Å²) in [6, 6.07) is 59.5. The average Bonchev–Trinajstić information content (AvgIpc) is 3.62. The maximum absolute atomic E-state index is 6.78. The molecule has 0 amide bonds. The molecule has 0 N–H and O–H groups in total. The topological polar surface area (TPSA) is 19.6 Å². The lowest BCUT2D eigenvalue weighted by Crippen LogP contribution is -2.61. The maximum Gasteiger partial charge on any atom is 0.333 e. The normalized spacial score (nSPS) is 13.8. The molecule has 3 heterocycles. The Morgan fingerprint density at radius 2 is 1.03 bits per heavy atom. The van der Waals surface area contributed by atoms with Crippen LogP contribution in [-0.4, -0.2) is 6.85 Å². The summed E-state index contributed by atoms with van der Waals surface area (Å²) in [5.74, 6) is 0. The Bertz CT molecular complexity index is 3250. The summed E-state index contributed by atoms with van der Waals surface area (Å²) in [5.41, 5.74) is 19.1. The van der Waals surface area contributed by atoms with Gasteiger partial charge >= 0.3 is 6.85 Å². The third-order valence-corrected chi connectivity index (χ3v) is 13.5. The first-order chi connectivity index (χ1) is 29.6. The molecular formula is C58H53BN2O. The highest BCUT2D eigenvalue weighted by atomic mass is 16.3. The molecule has 62 heavy (non-hydrogen) atoms. The van der Waals surface area contributed by atoms with Crippen LogP contribution >= 0.6 is 0 Å². The van der Waals surface area contributed by atoms with Gasteiger partial charge in [-0.25, -0.2) is 0 Å². The molecule has 8 aromatic carbocycles. The number of hydrogen-bond acceptors (Lipinski definition) is 3. The standard InChI is InChI=1S/C58H53BN2O/c1-56(2,3)38-23-27-41(28-24-38)61-50-30-26-40(58(7,8)9)33-45(50)47-31-37-19-13-14-20-42(37)55-54(47)59(61)48-34-46-43-21-15-16-22-52(43)62-53(46)35-51(48)60(55)49-29-25-39(57(4,5)6)32-44(49)36-17-11-10-12-18-36/h10-35H,1-9H3. The summed E-state index contributed by atoms with van der Waals surface area (Å²) in [7, 11) is 0. The summed E-state index contributed by atoms with van der Waals surface area (Å²) in [6.45, 7) is 20.6. The number of nitrogens with zero attached hydrogens (tertiary/aromatic N) is 2. The SMILES string of the molecule is CC(C)(C)c1ccc(N2B3c4cc5c(cc4N(c4ccc(C(C)(C)C)cc4-c4ccccc4)c4c3c(cc3ccccc43)-c3cc(C(C)(C)C)ccc32)oc2ccccc25)cc1. The van der Waals surface area contributed by atoms with Crippen LogP contribution in [0.25, 0.3) is 55.0 Å². The third-order valence-electron chi connectivity index (χ3n) is 13.5. The third kappa shape index (κ3) is 5.94. The predicted octanol–water partition coefficient (Wildman–Crippen LogP) is 15.0. The fourth-order valence-corrected chi connectivity index (χ4v) is 10.1. The Kier molecular flexibility index (Phi) is 8.36. The van der Waals surface area contributed by atoms with Gasteiger partial charge in [-0.3, -0.25) is 0 Å². The zero-order valence-electron chi connectivity index (χ0n) is 37.4. The van der Waals surface area contributed by atoms with E-state index in [-0.39, 0.29) is 23.1 Å². The minimum Gasteiger partial charge on any atom is -0.456 e. The van der Waals surface area contributed by atoms with E-state index in [9.17, 15) is 0 Å². The van der Waals surface area contributed by atoms with Gasteiger partial charge in [-0.05, 0) is 109 Å². The van der Waals surface area contributed by atoms with Gasteiger partial charge in [0, 0.05) is 50.4 Å². The number of hydrogen-bond donors (Lipinski definition) is 0. The van der Waals surface area contributed by atoms with Gasteiger partial charge in [-0.1, -0.05) is 165 Å². The van der Waals surface area contributed by atoms with Gasteiger partial charge in [-0.15, -0.1) is 0 Å². The van der Waals surface area contributed by atoms with Crippen molar-refractivity contribution in [1.29, 1.82) is 0 Å². The monoisotopic (exact) mass is 804 g/mol. The quantitative estimate of drug-likeness (QED) is 0.166. The molecule has 11 rings (SSSR count). The second-order valence-electron chi connectivity index (χ2n) is 20.6. The van der Waals surface area contributed by atoms with E-state index in [0.29, 0.717) is 0 Å². The van der Waals surface area contributed by atoms with E-state index in [1.165, 1.54) is 77.7 Å². The molecule has 0 atom stereocenters. The van der Waals surface area contributed by atoms with Gasteiger partial charge in [-0.2, -0.15) is 0 Å². The van der Waals surface area contributed by atoms with Crippen molar-refractivity contribution in [3.05, 3.63) is 174 Å². The van der Waals surface area contributed by atoms with Crippen LogP contribution in [0, 0.1) is 0 Å². The summed E-state index contributed by atoms with van der Waals surface area (Å²) in [6.07, 6.45) is 0. The maximum atomic E-state index is 6.78. The lowest BCUT2D eigenvalue weighted by atomic mass is 9.43. The number of fused-ring (bicyclic) bond motifs is 9. The van der Waals surface area contributed by atoms with Crippen LogP contribution in [0.5, 0.6) is 0 Å². The summed E-state index contributed by atoms with van der Waals surface area (Å²) in [4.78, 5) is 5.23. The number of benzene rings is 8.